The predicted octanol–water partition coefficient (Wildman–Crippen LogP) is 6.04. The zero-order valence-corrected chi connectivity index (χ0v) is 14.7. The topological polar surface area (TPSA) is 0 Å². The lowest BCUT2D eigenvalue weighted by molar-refractivity contribution is 0.581. The van der Waals surface area contributed by atoms with E-state index >= 15 is 0 Å². The van der Waals surface area contributed by atoms with Gasteiger partial charge in [0.15, 0.2) is 0 Å². The fraction of sp³-hybridized carbons (Fsp3) is 0.250. The molecule has 0 N–H and O–H groups in total. The lowest BCUT2D eigenvalue weighted by Crippen LogP contribution is -2.11. The highest BCUT2D eigenvalue weighted by Gasteiger charge is 2.13. The molecule has 2 rings (SSSR count). The van der Waals surface area contributed by atoms with Gasteiger partial charge in [-0.3, -0.25) is 0 Å². The molecule has 0 aliphatic rings. The maximum Gasteiger partial charge on any atom is 0.123 e. The van der Waals surface area contributed by atoms with E-state index in [1.54, 1.807) is 6.07 Å². The maximum absolute atomic E-state index is 13.3. The van der Waals surface area contributed by atoms with Crippen molar-refractivity contribution in [1.82, 2.24) is 0 Å². The van der Waals surface area contributed by atoms with Crippen molar-refractivity contribution in [3.05, 3.63) is 68.9 Å². The summed E-state index contributed by atoms with van der Waals surface area (Å²) < 4.78 is 14.4. The first-order chi connectivity index (χ1) is 9.60. The van der Waals surface area contributed by atoms with Gasteiger partial charge in [-0.25, -0.2) is 4.39 Å². The Hall–Kier alpha value is -0.380. The van der Waals surface area contributed by atoms with Crippen molar-refractivity contribution in [1.29, 1.82) is 0 Å². The zero-order chi connectivity index (χ0) is 14.5. The molecule has 0 radical (unpaired) electrons. The van der Waals surface area contributed by atoms with Crippen LogP contribution in [0.15, 0.2) is 46.9 Å². The van der Waals surface area contributed by atoms with Crippen LogP contribution < -0.4 is 0 Å². The van der Waals surface area contributed by atoms with Gasteiger partial charge in [0.1, 0.15) is 5.82 Å². The van der Waals surface area contributed by atoms with E-state index in [2.05, 4.69) is 37.9 Å². The van der Waals surface area contributed by atoms with E-state index in [-0.39, 0.29) is 5.82 Å². The molecule has 0 saturated carbocycles. The Balaban J connectivity index is 2.13. The molecule has 0 aliphatic heterocycles. The summed E-state index contributed by atoms with van der Waals surface area (Å²) in [6.45, 7) is 0. The second-order valence-corrected chi connectivity index (χ2v) is 6.66. The van der Waals surface area contributed by atoms with Crippen LogP contribution in [0.4, 0.5) is 4.39 Å². The fourth-order valence-electron chi connectivity index (χ4n) is 2.17. The average molecular weight is 421 g/mol. The minimum atomic E-state index is -0.237. The summed E-state index contributed by atoms with van der Waals surface area (Å²) in [6, 6.07) is 12.7. The van der Waals surface area contributed by atoms with Gasteiger partial charge in [-0.1, -0.05) is 61.7 Å². The van der Waals surface area contributed by atoms with E-state index in [0.717, 1.165) is 28.2 Å². The standard InChI is InChI=1S/C16H14Br2ClF/c17-10-11(7-12-3-1-2-4-15(12)18)8-13-9-14(20)5-6-16(13)19/h1-6,9,11H,7-8,10H2. The minimum absolute atomic E-state index is 0.237. The predicted molar refractivity (Wildman–Crippen MR) is 90.2 cm³/mol. The summed E-state index contributed by atoms with van der Waals surface area (Å²) in [5.41, 5.74) is 2.12. The van der Waals surface area contributed by atoms with Crippen molar-refractivity contribution in [2.75, 3.05) is 5.33 Å². The Bertz CT molecular complexity index is 586. The second-order valence-electron chi connectivity index (χ2n) is 4.76. The van der Waals surface area contributed by atoms with Crippen LogP contribution >= 0.6 is 43.5 Å². The molecule has 2 aromatic carbocycles. The number of benzene rings is 2. The second kappa shape index (κ2) is 7.58. The highest BCUT2D eigenvalue weighted by Crippen LogP contribution is 2.26. The molecule has 0 amide bonds. The first kappa shape index (κ1) is 16.0. The molecule has 0 spiro atoms. The number of halogens is 4. The van der Waals surface area contributed by atoms with Crippen LogP contribution in [0.2, 0.25) is 5.02 Å². The largest absolute Gasteiger partial charge is 0.207 e. The molecule has 0 bridgehead atoms. The molecular weight excluding hydrogens is 406 g/mol. The van der Waals surface area contributed by atoms with Gasteiger partial charge >= 0.3 is 0 Å². The van der Waals surface area contributed by atoms with Gasteiger partial charge in [-0.2, -0.15) is 0 Å². The normalized spacial score (nSPS) is 12.4. The quantitative estimate of drug-likeness (QED) is 0.518. The van der Waals surface area contributed by atoms with Crippen LogP contribution in [0.3, 0.4) is 0 Å². The summed E-state index contributed by atoms with van der Waals surface area (Å²) in [4.78, 5) is 0. The Kier molecular flexibility index (Phi) is 6.06. The smallest absolute Gasteiger partial charge is 0.123 e. The maximum atomic E-state index is 13.3. The monoisotopic (exact) mass is 418 g/mol. The fourth-order valence-corrected chi connectivity index (χ4v) is 3.27. The summed E-state index contributed by atoms with van der Waals surface area (Å²) in [5, 5.41) is 1.48. The van der Waals surface area contributed by atoms with E-state index in [1.807, 2.05) is 18.2 Å². The van der Waals surface area contributed by atoms with E-state index in [9.17, 15) is 4.39 Å². The SMILES string of the molecule is Fc1ccc(Cl)c(CC(CBr)Cc2ccccc2Br)c1. The van der Waals surface area contributed by atoms with Gasteiger partial charge in [-0.05, 0) is 54.2 Å². The van der Waals surface area contributed by atoms with E-state index in [4.69, 9.17) is 11.6 Å². The highest BCUT2D eigenvalue weighted by atomic mass is 79.9. The van der Waals surface area contributed by atoms with Gasteiger partial charge in [0.25, 0.3) is 0 Å². The van der Waals surface area contributed by atoms with E-state index in [1.165, 1.54) is 17.7 Å². The molecular formula is C16H14Br2ClF. The first-order valence-corrected chi connectivity index (χ1v) is 8.62. The molecule has 0 saturated heterocycles. The Labute approximate surface area is 140 Å². The van der Waals surface area contributed by atoms with Crippen LogP contribution in [-0.2, 0) is 12.8 Å². The molecule has 106 valence electrons. The average Bonchev–Trinajstić information content (AvgIpc) is 2.44. The third-order valence-electron chi connectivity index (χ3n) is 3.20. The summed E-state index contributed by atoms with van der Waals surface area (Å²) in [7, 11) is 0. The number of alkyl halides is 1. The van der Waals surface area contributed by atoms with Crippen molar-refractivity contribution in [3.63, 3.8) is 0 Å². The number of rotatable bonds is 5. The van der Waals surface area contributed by atoms with Crippen LogP contribution in [0.25, 0.3) is 0 Å². The first-order valence-electron chi connectivity index (χ1n) is 6.33. The molecule has 2 aromatic rings. The molecule has 0 nitrogen and oxygen atoms in total. The van der Waals surface area contributed by atoms with E-state index < -0.39 is 0 Å². The lowest BCUT2D eigenvalue weighted by Gasteiger charge is -2.16. The van der Waals surface area contributed by atoms with Gasteiger partial charge < -0.3 is 0 Å². The third-order valence-corrected chi connectivity index (χ3v) is 5.26. The molecule has 4 heteroatoms. The van der Waals surface area contributed by atoms with Gasteiger partial charge in [0.05, 0.1) is 0 Å². The van der Waals surface area contributed by atoms with Gasteiger partial charge in [0.2, 0.25) is 0 Å². The molecule has 0 heterocycles. The van der Waals surface area contributed by atoms with Crippen molar-refractivity contribution in [3.8, 4) is 0 Å². The van der Waals surface area contributed by atoms with Crippen LogP contribution in [0, 0.1) is 11.7 Å². The van der Waals surface area contributed by atoms with Crippen LogP contribution in [-0.4, -0.2) is 5.33 Å². The molecule has 0 aromatic heterocycles. The third kappa shape index (κ3) is 4.31. The van der Waals surface area contributed by atoms with E-state index in [0.29, 0.717) is 10.9 Å². The van der Waals surface area contributed by atoms with Gasteiger partial charge in [-0.15, -0.1) is 0 Å². The van der Waals surface area contributed by atoms with Crippen molar-refractivity contribution in [2.45, 2.75) is 12.8 Å². The Morgan fingerprint density at radius 3 is 2.45 bits per heavy atom. The number of hydrogen-bond donors (Lipinski definition) is 0. The van der Waals surface area contributed by atoms with Crippen molar-refractivity contribution < 1.29 is 4.39 Å². The molecule has 1 unspecified atom stereocenters. The number of hydrogen-bond acceptors (Lipinski definition) is 0. The highest BCUT2D eigenvalue weighted by molar-refractivity contribution is 9.10. The van der Waals surface area contributed by atoms with Gasteiger partial charge in [0, 0.05) is 14.8 Å². The molecule has 1 atom stereocenters. The zero-order valence-electron chi connectivity index (χ0n) is 10.8. The summed E-state index contributed by atoms with van der Waals surface area (Å²) >= 11 is 13.3. The Morgan fingerprint density at radius 1 is 1.05 bits per heavy atom. The van der Waals surface area contributed by atoms with Crippen LogP contribution in [0.1, 0.15) is 11.1 Å². The summed E-state index contributed by atoms with van der Waals surface area (Å²) in [5.74, 6) is 0.131. The van der Waals surface area contributed by atoms with Crippen molar-refractivity contribution >= 4 is 43.5 Å². The van der Waals surface area contributed by atoms with Crippen LogP contribution in [0.5, 0.6) is 0 Å². The molecule has 20 heavy (non-hydrogen) atoms. The molecule has 0 fully saturated rings. The Morgan fingerprint density at radius 2 is 1.75 bits per heavy atom. The van der Waals surface area contributed by atoms with Crippen molar-refractivity contribution in [2.24, 2.45) is 5.92 Å². The summed E-state index contributed by atoms with van der Waals surface area (Å²) in [6.07, 6.45) is 1.67. The molecule has 0 aliphatic carbocycles. The lowest BCUT2D eigenvalue weighted by atomic mass is 9.94. The minimum Gasteiger partial charge on any atom is -0.207 e.